The summed E-state index contributed by atoms with van der Waals surface area (Å²) < 4.78 is 24.3. The molecule has 1 rings (SSSR count). The summed E-state index contributed by atoms with van der Waals surface area (Å²) in [7, 11) is 0. The van der Waals surface area contributed by atoms with Gasteiger partial charge in [-0.05, 0) is 12.2 Å². The molecule has 0 spiro atoms. The van der Waals surface area contributed by atoms with Gasteiger partial charge in [-0.25, -0.2) is 9.59 Å². The molecule has 1 saturated heterocycles. The van der Waals surface area contributed by atoms with Crippen molar-refractivity contribution in [2.45, 2.75) is 6.04 Å². The maximum Gasteiger partial charge on any atom is 0.508 e. The minimum absolute atomic E-state index is 0.00657. The first kappa shape index (κ1) is 19.1. The average Bonchev–Trinajstić information content (AvgIpc) is 2.56. The van der Waals surface area contributed by atoms with E-state index in [1.54, 1.807) is 0 Å². The standard InChI is InChI=1S/C13H20N2O7S/c1-2-11(16)20-5-6-22-13(17)21-4-3-14-12(23)15-10-7-18-9-19-8-10/h2,10H,1,3-9H2,(H2,14,15,23). The summed E-state index contributed by atoms with van der Waals surface area (Å²) in [6.07, 6.45) is 0.168. The molecule has 9 nitrogen and oxygen atoms in total. The normalized spacial score (nSPS) is 14.4. The molecule has 0 aliphatic carbocycles. The van der Waals surface area contributed by atoms with Crippen molar-refractivity contribution in [1.29, 1.82) is 0 Å². The summed E-state index contributed by atoms with van der Waals surface area (Å²) in [6.45, 7) is 4.80. The zero-order valence-electron chi connectivity index (χ0n) is 12.6. The van der Waals surface area contributed by atoms with E-state index in [2.05, 4.69) is 26.7 Å². The molecule has 0 radical (unpaired) electrons. The summed E-state index contributed by atoms with van der Waals surface area (Å²) in [5.41, 5.74) is 0. The third-order valence-corrected chi connectivity index (χ3v) is 2.72. The predicted molar refractivity (Wildman–Crippen MR) is 82.8 cm³/mol. The van der Waals surface area contributed by atoms with E-state index in [1.807, 2.05) is 0 Å². The molecule has 0 aromatic heterocycles. The minimum atomic E-state index is -0.852. The van der Waals surface area contributed by atoms with Crippen LogP contribution in [0.1, 0.15) is 0 Å². The van der Waals surface area contributed by atoms with Crippen LogP contribution in [0.25, 0.3) is 0 Å². The van der Waals surface area contributed by atoms with Gasteiger partial charge in [0.05, 0.1) is 25.8 Å². The second-order valence-electron chi connectivity index (χ2n) is 4.28. The van der Waals surface area contributed by atoms with E-state index >= 15 is 0 Å². The Morgan fingerprint density at radius 1 is 1.17 bits per heavy atom. The van der Waals surface area contributed by atoms with E-state index in [-0.39, 0.29) is 25.9 Å². The van der Waals surface area contributed by atoms with Gasteiger partial charge >= 0.3 is 12.1 Å². The molecule has 10 heteroatoms. The highest BCUT2D eigenvalue weighted by Gasteiger charge is 2.14. The highest BCUT2D eigenvalue weighted by atomic mass is 32.1. The molecule has 0 atom stereocenters. The zero-order chi connectivity index (χ0) is 16.9. The van der Waals surface area contributed by atoms with Gasteiger partial charge in [-0.1, -0.05) is 6.58 Å². The van der Waals surface area contributed by atoms with Gasteiger partial charge in [0, 0.05) is 6.08 Å². The fourth-order valence-electron chi connectivity index (χ4n) is 1.47. The molecule has 0 amide bonds. The summed E-state index contributed by atoms with van der Waals surface area (Å²) in [4.78, 5) is 21.9. The van der Waals surface area contributed by atoms with Gasteiger partial charge in [-0.15, -0.1) is 0 Å². The second-order valence-corrected chi connectivity index (χ2v) is 4.68. The number of hydrogen-bond donors (Lipinski definition) is 2. The molecule has 0 aromatic carbocycles. The monoisotopic (exact) mass is 348 g/mol. The Kier molecular flexibility index (Phi) is 9.68. The first-order valence-corrected chi connectivity index (χ1v) is 7.31. The zero-order valence-corrected chi connectivity index (χ0v) is 13.4. The first-order chi connectivity index (χ1) is 11.1. The molecule has 0 unspecified atom stereocenters. The van der Waals surface area contributed by atoms with Gasteiger partial charge in [0.15, 0.2) is 5.11 Å². The molecule has 1 heterocycles. The van der Waals surface area contributed by atoms with Crippen molar-refractivity contribution in [3.63, 3.8) is 0 Å². The Morgan fingerprint density at radius 3 is 2.52 bits per heavy atom. The van der Waals surface area contributed by atoms with Gasteiger partial charge < -0.3 is 34.3 Å². The van der Waals surface area contributed by atoms with Crippen molar-refractivity contribution in [3.8, 4) is 0 Å². The van der Waals surface area contributed by atoms with E-state index in [0.29, 0.717) is 31.7 Å². The smallest absolute Gasteiger partial charge is 0.459 e. The van der Waals surface area contributed by atoms with Crippen LogP contribution in [0.3, 0.4) is 0 Å². The first-order valence-electron chi connectivity index (χ1n) is 6.90. The number of thiocarbonyl (C=S) groups is 1. The average molecular weight is 348 g/mol. The van der Waals surface area contributed by atoms with Crippen LogP contribution in [0, 0.1) is 0 Å². The predicted octanol–water partition coefficient (Wildman–Crippen LogP) is -0.294. The Balaban J connectivity index is 1.96. The fraction of sp³-hybridized carbons (Fsp3) is 0.615. The van der Waals surface area contributed by atoms with Crippen molar-refractivity contribution >= 4 is 29.5 Å². The van der Waals surface area contributed by atoms with E-state index in [1.165, 1.54) is 0 Å². The number of nitrogens with one attached hydrogen (secondary N) is 2. The van der Waals surface area contributed by atoms with E-state index in [0.717, 1.165) is 6.08 Å². The summed E-state index contributed by atoms with van der Waals surface area (Å²) in [5.74, 6) is -0.582. The quantitative estimate of drug-likeness (QED) is 0.263. The van der Waals surface area contributed by atoms with Crippen LogP contribution in [-0.4, -0.2) is 69.7 Å². The van der Waals surface area contributed by atoms with Gasteiger partial charge in [0.2, 0.25) is 0 Å². The Hall–Kier alpha value is -1.91. The molecule has 0 aromatic rings. The van der Waals surface area contributed by atoms with Gasteiger partial charge in [-0.2, -0.15) is 0 Å². The molecule has 2 N–H and O–H groups in total. The lowest BCUT2D eigenvalue weighted by Crippen LogP contribution is -2.48. The van der Waals surface area contributed by atoms with Crippen LogP contribution in [0.15, 0.2) is 12.7 Å². The lowest BCUT2D eigenvalue weighted by Gasteiger charge is -2.24. The van der Waals surface area contributed by atoms with Crippen molar-refractivity contribution in [2.75, 3.05) is 46.4 Å². The maximum absolute atomic E-state index is 11.2. The van der Waals surface area contributed by atoms with Gasteiger partial charge in [-0.3, -0.25) is 0 Å². The number of carbonyl (C=O) groups excluding carboxylic acids is 2. The highest BCUT2D eigenvalue weighted by Crippen LogP contribution is 1.96. The third kappa shape index (κ3) is 9.66. The fourth-order valence-corrected chi connectivity index (χ4v) is 1.74. The number of carbonyl (C=O) groups is 2. The number of rotatable bonds is 8. The molecule has 23 heavy (non-hydrogen) atoms. The molecule has 0 bridgehead atoms. The second kappa shape index (κ2) is 11.6. The van der Waals surface area contributed by atoms with Crippen LogP contribution in [0.5, 0.6) is 0 Å². The van der Waals surface area contributed by atoms with E-state index in [9.17, 15) is 9.59 Å². The summed E-state index contributed by atoms with van der Waals surface area (Å²) in [5, 5.41) is 6.29. The van der Waals surface area contributed by atoms with Crippen molar-refractivity contribution < 1.29 is 33.3 Å². The number of esters is 1. The molecule has 130 valence electrons. The number of ether oxygens (including phenoxy) is 5. The van der Waals surface area contributed by atoms with Crippen LogP contribution >= 0.6 is 12.2 Å². The SMILES string of the molecule is C=CC(=O)OCCOC(=O)OCCNC(=S)NC1COCOC1. The Morgan fingerprint density at radius 2 is 1.83 bits per heavy atom. The van der Waals surface area contributed by atoms with Crippen molar-refractivity contribution in [3.05, 3.63) is 12.7 Å². The van der Waals surface area contributed by atoms with Crippen LogP contribution in [-0.2, 0) is 28.5 Å². The molecular weight excluding hydrogens is 328 g/mol. The van der Waals surface area contributed by atoms with E-state index in [4.69, 9.17) is 26.4 Å². The highest BCUT2D eigenvalue weighted by molar-refractivity contribution is 7.80. The van der Waals surface area contributed by atoms with Crippen LogP contribution in [0.4, 0.5) is 4.79 Å². The maximum atomic E-state index is 11.2. The van der Waals surface area contributed by atoms with Gasteiger partial charge in [0.25, 0.3) is 0 Å². The lowest BCUT2D eigenvalue weighted by atomic mass is 10.3. The Bertz CT molecular complexity index is 413. The van der Waals surface area contributed by atoms with E-state index < -0.39 is 12.1 Å². The molecular formula is C13H20N2O7S. The van der Waals surface area contributed by atoms with Crippen LogP contribution < -0.4 is 10.6 Å². The van der Waals surface area contributed by atoms with Gasteiger partial charge in [0.1, 0.15) is 26.6 Å². The molecule has 0 saturated carbocycles. The lowest BCUT2D eigenvalue weighted by molar-refractivity contribution is -0.139. The molecule has 1 aliphatic rings. The largest absolute Gasteiger partial charge is 0.508 e. The Labute approximate surface area is 139 Å². The van der Waals surface area contributed by atoms with Crippen molar-refractivity contribution in [2.24, 2.45) is 0 Å². The minimum Gasteiger partial charge on any atom is -0.459 e. The summed E-state index contributed by atoms with van der Waals surface area (Å²) >= 11 is 5.07. The third-order valence-electron chi connectivity index (χ3n) is 2.46. The number of hydrogen-bond acceptors (Lipinski definition) is 8. The summed E-state index contributed by atoms with van der Waals surface area (Å²) in [6, 6.07) is -0.00657. The molecule has 1 fully saturated rings. The van der Waals surface area contributed by atoms with Crippen molar-refractivity contribution in [1.82, 2.24) is 10.6 Å². The van der Waals surface area contributed by atoms with Crippen LogP contribution in [0.2, 0.25) is 0 Å². The molecule has 1 aliphatic heterocycles. The topological polar surface area (TPSA) is 104 Å².